The van der Waals surface area contributed by atoms with Gasteiger partial charge in [0.15, 0.2) is 0 Å². The van der Waals surface area contributed by atoms with Crippen molar-refractivity contribution in [2.45, 2.75) is 30.2 Å². The number of hydrogen-bond acceptors (Lipinski definition) is 5. The molecule has 21 heavy (non-hydrogen) atoms. The molecule has 0 aliphatic carbocycles. The molecule has 116 valence electrons. The van der Waals surface area contributed by atoms with Gasteiger partial charge < -0.3 is 4.74 Å². The molecule has 0 amide bonds. The van der Waals surface area contributed by atoms with Crippen LogP contribution in [0.5, 0.6) is 0 Å². The molecule has 1 saturated heterocycles. The predicted molar refractivity (Wildman–Crippen MR) is 76.9 cm³/mol. The van der Waals surface area contributed by atoms with Crippen LogP contribution in [0.25, 0.3) is 0 Å². The second-order valence-corrected chi connectivity index (χ2v) is 7.21. The average Bonchev–Trinajstić information content (AvgIpc) is 2.38. The Morgan fingerprint density at radius 2 is 2.00 bits per heavy atom. The van der Waals surface area contributed by atoms with Crippen LogP contribution in [0.3, 0.4) is 0 Å². The van der Waals surface area contributed by atoms with Crippen LogP contribution in [-0.4, -0.2) is 32.1 Å². The molecule has 0 spiro atoms. The van der Waals surface area contributed by atoms with Crippen LogP contribution in [0.1, 0.15) is 19.8 Å². The van der Waals surface area contributed by atoms with Crippen LogP contribution in [0.2, 0.25) is 5.02 Å². The van der Waals surface area contributed by atoms with Crippen LogP contribution in [0.4, 0.5) is 5.69 Å². The van der Waals surface area contributed by atoms with E-state index in [4.69, 9.17) is 16.3 Å². The first kappa shape index (κ1) is 16.2. The molecule has 0 radical (unpaired) electrons. The SMILES string of the molecule is CC1(NS(=O)(=O)c2cc([N+](=O)[O-])ccc2Cl)CCOCC1. The lowest BCUT2D eigenvalue weighted by atomic mass is 9.94. The van der Waals surface area contributed by atoms with E-state index in [0.717, 1.165) is 12.1 Å². The first-order chi connectivity index (χ1) is 9.73. The summed E-state index contributed by atoms with van der Waals surface area (Å²) < 4.78 is 32.7. The van der Waals surface area contributed by atoms with E-state index in [0.29, 0.717) is 26.1 Å². The smallest absolute Gasteiger partial charge is 0.270 e. The maximum atomic E-state index is 12.4. The zero-order chi connectivity index (χ0) is 15.7. The number of rotatable bonds is 4. The summed E-state index contributed by atoms with van der Waals surface area (Å²) in [4.78, 5) is 9.83. The van der Waals surface area contributed by atoms with Crippen molar-refractivity contribution in [3.05, 3.63) is 33.3 Å². The third kappa shape index (κ3) is 3.70. The highest BCUT2D eigenvalue weighted by atomic mass is 35.5. The number of nitro benzene ring substituents is 1. The first-order valence-corrected chi connectivity index (χ1v) is 8.15. The molecule has 0 saturated carbocycles. The summed E-state index contributed by atoms with van der Waals surface area (Å²) >= 11 is 5.88. The highest BCUT2D eigenvalue weighted by Gasteiger charge is 2.34. The van der Waals surface area contributed by atoms with Crippen molar-refractivity contribution in [3.8, 4) is 0 Å². The average molecular weight is 335 g/mol. The summed E-state index contributed by atoms with van der Waals surface area (Å²) in [5.74, 6) is 0. The van der Waals surface area contributed by atoms with E-state index >= 15 is 0 Å². The summed E-state index contributed by atoms with van der Waals surface area (Å²) in [6.07, 6.45) is 1.05. The number of non-ortho nitro benzene ring substituents is 1. The quantitative estimate of drug-likeness (QED) is 0.671. The van der Waals surface area contributed by atoms with Crippen molar-refractivity contribution in [2.24, 2.45) is 0 Å². The van der Waals surface area contributed by atoms with Crippen LogP contribution < -0.4 is 4.72 Å². The van der Waals surface area contributed by atoms with E-state index in [-0.39, 0.29) is 15.6 Å². The molecule has 9 heteroatoms. The predicted octanol–water partition coefficient (Wildman–Crippen LogP) is 2.10. The fourth-order valence-corrected chi connectivity index (χ4v) is 4.10. The fraction of sp³-hybridized carbons (Fsp3) is 0.500. The van der Waals surface area contributed by atoms with Gasteiger partial charge in [0.05, 0.1) is 9.95 Å². The van der Waals surface area contributed by atoms with Gasteiger partial charge in [-0.15, -0.1) is 0 Å². The lowest BCUT2D eigenvalue weighted by molar-refractivity contribution is -0.385. The van der Waals surface area contributed by atoms with Crippen molar-refractivity contribution in [1.29, 1.82) is 0 Å². The Morgan fingerprint density at radius 1 is 1.38 bits per heavy atom. The van der Waals surface area contributed by atoms with E-state index < -0.39 is 20.5 Å². The number of sulfonamides is 1. The van der Waals surface area contributed by atoms with Gasteiger partial charge in [0.2, 0.25) is 10.0 Å². The molecule has 1 aliphatic heterocycles. The van der Waals surface area contributed by atoms with Gasteiger partial charge in [0.25, 0.3) is 5.69 Å². The molecule has 7 nitrogen and oxygen atoms in total. The summed E-state index contributed by atoms with van der Waals surface area (Å²) in [6, 6.07) is 3.34. The topological polar surface area (TPSA) is 98.5 Å². The summed E-state index contributed by atoms with van der Waals surface area (Å²) in [6.45, 7) is 2.70. The van der Waals surface area contributed by atoms with Crippen LogP contribution >= 0.6 is 11.6 Å². The maximum absolute atomic E-state index is 12.4. The molecule has 0 bridgehead atoms. The number of ether oxygens (including phenoxy) is 1. The van der Waals surface area contributed by atoms with Crippen LogP contribution in [0, 0.1) is 10.1 Å². The summed E-state index contributed by atoms with van der Waals surface area (Å²) in [5.41, 5.74) is -0.970. The zero-order valence-electron chi connectivity index (χ0n) is 11.3. The zero-order valence-corrected chi connectivity index (χ0v) is 12.9. The van der Waals surface area contributed by atoms with E-state index in [1.54, 1.807) is 6.92 Å². The Kier molecular flexibility index (Phi) is 4.52. The number of hydrogen-bond donors (Lipinski definition) is 1. The Morgan fingerprint density at radius 3 is 2.57 bits per heavy atom. The normalized spacial score (nSPS) is 18.4. The standard InChI is InChI=1S/C12H15ClN2O5S/c1-12(4-6-20-7-5-12)14-21(18,19)11-8-9(15(16)17)2-3-10(11)13/h2-3,8,14H,4-7H2,1H3. The lowest BCUT2D eigenvalue weighted by Crippen LogP contribution is -2.49. The minimum absolute atomic E-state index is 0.0521. The Hall–Kier alpha value is -1.22. The number of benzene rings is 1. The lowest BCUT2D eigenvalue weighted by Gasteiger charge is -2.34. The molecule has 0 atom stereocenters. The van der Waals surface area contributed by atoms with E-state index in [1.165, 1.54) is 6.07 Å². The van der Waals surface area contributed by atoms with Crippen molar-refractivity contribution in [1.82, 2.24) is 4.72 Å². The first-order valence-electron chi connectivity index (χ1n) is 6.29. The molecule has 1 aromatic carbocycles. The maximum Gasteiger partial charge on any atom is 0.270 e. The molecular weight excluding hydrogens is 320 g/mol. The minimum Gasteiger partial charge on any atom is -0.381 e. The third-order valence-electron chi connectivity index (χ3n) is 3.39. The van der Waals surface area contributed by atoms with Gasteiger partial charge in [0.1, 0.15) is 4.90 Å². The van der Waals surface area contributed by atoms with Crippen LogP contribution in [0.15, 0.2) is 23.1 Å². The molecule has 1 aromatic rings. The van der Waals surface area contributed by atoms with Crippen molar-refractivity contribution in [3.63, 3.8) is 0 Å². The molecule has 2 rings (SSSR count). The van der Waals surface area contributed by atoms with Crippen molar-refractivity contribution < 1.29 is 18.1 Å². The van der Waals surface area contributed by atoms with Gasteiger partial charge in [-0.2, -0.15) is 0 Å². The molecule has 0 aromatic heterocycles. The van der Waals surface area contributed by atoms with E-state index in [9.17, 15) is 18.5 Å². The van der Waals surface area contributed by atoms with Gasteiger partial charge in [0, 0.05) is 30.9 Å². The number of nitro groups is 1. The van der Waals surface area contributed by atoms with Gasteiger partial charge >= 0.3 is 0 Å². The second-order valence-electron chi connectivity index (χ2n) is 5.15. The van der Waals surface area contributed by atoms with Crippen molar-refractivity contribution >= 4 is 27.3 Å². The molecule has 1 N–H and O–H groups in total. The fourth-order valence-electron chi connectivity index (χ4n) is 2.11. The summed E-state index contributed by atoms with van der Waals surface area (Å²) in [7, 11) is -3.95. The minimum atomic E-state index is -3.95. The highest BCUT2D eigenvalue weighted by molar-refractivity contribution is 7.89. The number of halogens is 1. The third-order valence-corrected chi connectivity index (χ3v) is 5.51. The number of nitrogens with one attached hydrogen (secondary N) is 1. The molecule has 1 heterocycles. The van der Waals surface area contributed by atoms with E-state index in [1.807, 2.05) is 0 Å². The van der Waals surface area contributed by atoms with Gasteiger partial charge in [-0.05, 0) is 25.8 Å². The van der Waals surface area contributed by atoms with E-state index in [2.05, 4.69) is 4.72 Å². The Balaban J connectivity index is 2.35. The van der Waals surface area contributed by atoms with Crippen LogP contribution in [-0.2, 0) is 14.8 Å². The number of nitrogens with zero attached hydrogens (tertiary/aromatic N) is 1. The molecule has 1 aliphatic rings. The Bertz CT molecular complexity index is 656. The summed E-state index contributed by atoms with van der Waals surface area (Å²) in [5, 5.41) is 10.7. The molecular formula is C12H15ClN2O5S. The monoisotopic (exact) mass is 334 g/mol. The van der Waals surface area contributed by atoms with Gasteiger partial charge in [-0.1, -0.05) is 11.6 Å². The van der Waals surface area contributed by atoms with Crippen molar-refractivity contribution in [2.75, 3.05) is 13.2 Å². The second kappa shape index (κ2) is 5.88. The highest BCUT2D eigenvalue weighted by Crippen LogP contribution is 2.29. The van der Waals surface area contributed by atoms with Gasteiger partial charge in [-0.3, -0.25) is 10.1 Å². The Labute approximate surface area is 127 Å². The largest absolute Gasteiger partial charge is 0.381 e. The molecule has 0 unspecified atom stereocenters. The van der Waals surface area contributed by atoms with Gasteiger partial charge in [-0.25, -0.2) is 13.1 Å². The molecule has 1 fully saturated rings.